The van der Waals surface area contributed by atoms with E-state index in [-0.39, 0.29) is 4.90 Å². The molecular weight excluding hydrogens is 340 g/mol. The van der Waals surface area contributed by atoms with E-state index >= 15 is 0 Å². The van der Waals surface area contributed by atoms with Crippen LogP contribution in [0.3, 0.4) is 0 Å². The summed E-state index contributed by atoms with van der Waals surface area (Å²) in [5.41, 5.74) is 0. The van der Waals surface area contributed by atoms with Crippen LogP contribution >= 0.6 is 0 Å². The summed E-state index contributed by atoms with van der Waals surface area (Å²) in [6.07, 6.45) is 10.3. The van der Waals surface area contributed by atoms with Crippen molar-refractivity contribution in [2.45, 2.75) is 42.7 Å². The Morgan fingerprint density at radius 1 is 1.16 bits per heavy atom. The maximum Gasteiger partial charge on any atom is 0.246 e. The minimum Gasteiger partial charge on any atom is -0.350 e. The Labute approximate surface area is 147 Å². The van der Waals surface area contributed by atoms with Crippen molar-refractivity contribution in [3.05, 3.63) is 31.0 Å². The number of rotatable bonds is 5. The van der Waals surface area contributed by atoms with E-state index in [1.165, 1.54) is 23.7 Å². The van der Waals surface area contributed by atoms with E-state index in [0.717, 1.165) is 18.7 Å². The Morgan fingerprint density at radius 2 is 1.88 bits per heavy atom. The van der Waals surface area contributed by atoms with Gasteiger partial charge in [0.15, 0.2) is 0 Å². The van der Waals surface area contributed by atoms with Crippen molar-refractivity contribution in [3.8, 4) is 0 Å². The number of aryl methyl sites for hydroxylation is 1. The summed E-state index contributed by atoms with van der Waals surface area (Å²) >= 11 is 0. The van der Waals surface area contributed by atoms with Crippen molar-refractivity contribution in [1.29, 1.82) is 0 Å². The first-order valence-electron chi connectivity index (χ1n) is 8.59. The topological polar surface area (TPSA) is 84.2 Å². The van der Waals surface area contributed by atoms with E-state index in [4.69, 9.17) is 0 Å². The third kappa shape index (κ3) is 3.25. The van der Waals surface area contributed by atoms with Crippen LogP contribution in [-0.2, 0) is 17.1 Å². The largest absolute Gasteiger partial charge is 0.350 e. The zero-order valence-electron chi connectivity index (χ0n) is 14.2. The zero-order valence-corrected chi connectivity index (χ0v) is 15.0. The molecular formula is C16H22N6O2S. The molecule has 9 heteroatoms. The van der Waals surface area contributed by atoms with Crippen LogP contribution in [0, 0.1) is 0 Å². The molecule has 0 aromatic carbocycles. The molecule has 0 unspecified atom stereocenters. The molecule has 1 aliphatic heterocycles. The Hall–Kier alpha value is -2.00. The summed E-state index contributed by atoms with van der Waals surface area (Å²) < 4.78 is 28.6. The van der Waals surface area contributed by atoms with Crippen molar-refractivity contribution >= 4 is 15.8 Å². The van der Waals surface area contributed by atoms with Gasteiger partial charge >= 0.3 is 0 Å². The molecule has 1 aliphatic carbocycles. The van der Waals surface area contributed by atoms with Crippen LogP contribution in [0.5, 0.6) is 0 Å². The number of sulfonamides is 1. The van der Waals surface area contributed by atoms with Gasteiger partial charge in [-0.05, 0) is 31.7 Å². The zero-order chi connectivity index (χ0) is 17.4. The molecule has 3 heterocycles. The summed E-state index contributed by atoms with van der Waals surface area (Å²) in [7, 11) is -1.73. The van der Waals surface area contributed by atoms with Gasteiger partial charge in [-0.15, -0.1) is 0 Å². The normalized spacial score (nSPS) is 19.9. The highest BCUT2D eigenvalue weighted by atomic mass is 32.2. The smallest absolute Gasteiger partial charge is 0.246 e. The maximum absolute atomic E-state index is 12.7. The molecule has 0 atom stereocenters. The molecule has 2 aromatic heterocycles. The summed E-state index contributed by atoms with van der Waals surface area (Å²) in [4.78, 5) is 11.0. The average Bonchev–Trinajstić information content (AvgIpc) is 3.35. The molecule has 2 aromatic rings. The summed E-state index contributed by atoms with van der Waals surface area (Å²) in [5.74, 6) is 0.950. The molecule has 8 nitrogen and oxygen atoms in total. The second kappa shape index (κ2) is 6.38. The minimum atomic E-state index is -3.45. The maximum atomic E-state index is 12.7. The fraction of sp³-hybridized carbons (Fsp3) is 0.562. The van der Waals surface area contributed by atoms with Gasteiger partial charge in [-0.2, -0.15) is 9.40 Å². The highest BCUT2D eigenvalue weighted by molar-refractivity contribution is 7.89. The van der Waals surface area contributed by atoms with Crippen molar-refractivity contribution in [3.63, 3.8) is 0 Å². The highest BCUT2D eigenvalue weighted by Gasteiger charge is 2.38. The first kappa shape index (κ1) is 16.5. The third-order valence-electron chi connectivity index (χ3n) is 4.91. The van der Waals surface area contributed by atoms with Gasteiger partial charge in [-0.3, -0.25) is 4.68 Å². The second-order valence-electron chi connectivity index (χ2n) is 6.69. The lowest BCUT2D eigenvalue weighted by atomic mass is 10.0. The number of piperidine rings is 1. The standard InChI is InChI=1S/C16H22N6O2S/c1-20-11-15(10-19-20)25(23,24)21-8-5-14(6-9-21)22(13-2-3-13)16-4-7-17-12-18-16/h4,7,10-14H,2-3,5-6,8-9H2,1H3. The van der Waals surface area contributed by atoms with Gasteiger partial charge in [0.25, 0.3) is 0 Å². The molecule has 1 saturated heterocycles. The van der Waals surface area contributed by atoms with Gasteiger partial charge in [0, 0.05) is 44.6 Å². The molecule has 0 radical (unpaired) electrons. The van der Waals surface area contributed by atoms with Crippen LogP contribution < -0.4 is 4.90 Å². The molecule has 2 aliphatic rings. The molecule has 4 rings (SSSR count). The third-order valence-corrected chi connectivity index (χ3v) is 6.76. The van der Waals surface area contributed by atoms with Gasteiger partial charge in [0.1, 0.15) is 17.0 Å². The summed E-state index contributed by atoms with van der Waals surface area (Å²) in [6, 6.07) is 2.79. The fourth-order valence-electron chi connectivity index (χ4n) is 3.50. The van der Waals surface area contributed by atoms with Gasteiger partial charge in [-0.1, -0.05) is 0 Å². The Bertz CT molecular complexity index is 825. The lowest BCUT2D eigenvalue weighted by molar-refractivity contribution is 0.308. The monoisotopic (exact) mass is 362 g/mol. The molecule has 0 bridgehead atoms. The van der Waals surface area contributed by atoms with E-state index in [9.17, 15) is 8.42 Å². The van der Waals surface area contributed by atoms with Crippen molar-refractivity contribution in [2.75, 3.05) is 18.0 Å². The molecule has 1 saturated carbocycles. The number of hydrogen-bond donors (Lipinski definition) is 0. The van der Waals surface area contributed by atoms with E-state index in [2.05, 4.69) is 20.0 Å². The predicted octanol–water partition coefficient (Wildman–Crippen LogP) is 1.03. The average molecular weight is 362 g/mol. The Balaban J connectivity index is 1.47. The van der Waals surface area contributed by atoms with Crippen LogP contribution in [-0.4, -0.2) is 57.6 Å². The van der Waals surface area contributed by atoms with E-state index in [0.29, 0.717) is 25.2 Å². The molecule has 0 spiro atoms. The molecule has 2 fully saturated rings. The van der Waals surface area contributed by atoms with Crippen LogP contribution in [0.4, 0.5) is 5.82 Å². The second-order valence-corrected chi connectivity index (χ2v) is 8.63. The van der Waals surface area contributed by atoms with Crippen LogP contribution in [0.25, 0.3) is 0 Å². The van der Waals surface area contributed by atoms with Crippen LogP contribution in [0.15, 0.2) is 35.9 Å². The van der Waals surface area contributed by atoms with E-state index in [1.54, 1.807) is 30.1 Å². The van der Waals surface area contributed by atoms with Crippen LogP contribution in [0.1, 0.15) is 25.7 Å². The van der Waals surface area contributed by atoms with Gasteiger partial charge < -0.3 is 4.90 Å². The quantitative estimate of drug-likeness (QED) is 0.790. The van der Waals surface area contributed by atoms with Gasteiger partial charge in [0.05, 0.1) is 6.20 Å². The predicted molar refractivity (Wildman–Crippen MR) is 92.5 cm³/mol. The van der Waals surface area contributed by atoms with Gasteiger partial charge in [-0.25, -0.2) is 18.4 Å². The lowest BCUT2D eigenvalue weighted by Crippen LogP contribution is -2.47. The number of aromatic nitrogens is 4. The van der Waals surface area contributed by atoms with E-state index in [1.807, 2.05) is 6.07 Å². The number of anilines is 1. The number of hydrogen-bond acceptors (Lipinski definition) is 6. The summed E-state index contributed by atoms with van der Waals surface area (Å²) in [5, 5.41) is 3.98. The number of nitrogens with zero attached hydrogens (tertiary/aromatic N) is 6. The van der Waals surface area contributed by atoms with Crippen molar-refractivity contribution in [2.24, 2.45) is 7.05 Å². The highest BCUT2D eigenvalue weighted by Crippen LogP contribution is 2.35. The molecule has 134 valence electrons. The lowest BCUT2D eigenvalue weighted by Gasteiger charge is -2.38. The van der Waals surface area contributed by atoms with Crippen molar-refractivity contribution < 1.29 is 8.42 Å². The molecule has 25 heavy (non-hydrogen) atoms. The minimum absolute atomic E-state index is 0.267. The summed E-state index contributed by atoms with van der Waals surface area (Å²) in [6.45, 7) is 1.05. The first-order valence-corrected chi connectivity index (χ1v) is 10.0. The molecule has 0 amide bonds. The molecule has 0 N–H and O–H groups in total. The Morgan fingerprint density at radius 3 is 2.44 bits per heavy atom. The Kier molecular flexibility index (Phi) is 4.20. The fourth-order valence-corrected chi connectivity index (χ4v) is 4.96. The van der Waals surface area contributed by atoms with Gasteiger partial charge in [0.2, 0.25) is 10.0 Å². The van der Waals surface area contributed by atoms with Crippen molar-refractivity contribution in [1.82, 2.24) is 24.1 Å². The SMILES string of the molecule is Cn1cc(S(=O)(=O)N2CCC(N(c3ccncn3)C3CC3)CC2)cn1. The van der Waals surface area contributed by atoms with Crippen LogP contribution in [0.2, 0.25) is 0 Å². The van der Waals surface area contributed by atoms with E-state index < -0.39 is 10.0 Å². The first-order chi connectivity index (χ1) is 12.1.